The molecule has 0 N–H and O–H groups in total. The first-order valence-electron chi connectivity index (χ1n) is 9.18. The number of piperidine rings is 1. The molecule has 1 fully saturated rings. The van der Waals surface area contributed by atoms with Gasteiger partial charge in [0.2, 0.25) is 5.91 Å². The maximum absolute atomic E-state index is 13.0. The predicted molar refractivity (Wildman–Crippen MR) is 98.4 cm³/mol. The first-order chi connectivity index (χ1) is 13.5. The summed E-state index contributed by atoms with van der Waals surface area (Å²) < 4.78 is 18.8. The van der Waals surface area contributed by atoms with Gasteiger partial charge in [0.25, 0.3) is 11.8 Å². The number of ether oxygens (including phenoxy) is 1. The van der Waals surface area contributed by atoms with Gasteiger partial charge in [0, 0.05) is 25.9 Å². The zero-order valence-corrected chi connectivity index (χ0v) is 15.1. The highest BCUT2D eigenvalue weighted by Crippen LogP contribution is 2.23. The highest BCUT2D eigenvalue weighted by atomic mass is 19.1. The molecule has 28 heavy (non-hydrogen) atoms. The fourth-order valence-electron chi connectivity index (χ4n) is 3.55. The van der Waals surface area contributed by atoms with Gasteiger partial charge in [-0.25, -0.2) is 4.39 Å². The average molecular weight is 382 g/mol. The van der Waals surface area contributed by atoms with Crippen molar-refractivity contribution in [2.24, 2.45) is 0 Å². The van der Waals surface area contributed by atoms with E-state index in [2.05, 4.69) is 0 Å². The fourth-order valence-corrected chi connectivity index (χ4v) is 3.55. The molecule has 2 heterocycles. The SMILES string of the molecule is O=C(CN1C(=O)c2ccccc2C1=O)N1CCC(Oc2ccc(F)cc2)CC1. The lowest BCUT2D eigenvalue weighted by atomic mass is 10.1. The third kappa shape index (κ3) is 3.47. The highest BCUT2D eigenvalue weighted by molar-refractivity contribution is 6.22. The van der Waals surface area contributed by atoms with Crippen LogP contribution in [-0.4, -0.2) is 53.3 Å². The number of fused-ring (bicyclic) bond motifs is 1. The molecule has 0 radical (unpaired) electrons. The van der Waals surface area contributed by atoms with E-state index in [4.69, 9.17) is 4.74 Å². The molecule has 2 aromatic rings. The van der Waals surface area contributed by atoms with Crippen LogP contribution >= 0.6 is 0 Å². The van der Waals surface area contributed by atoms with E-state index in [1.807, 2.05) is 0 Å². The fraction of sp³-hybridized carbons (Fsp3) is 0.286. The standard InChI is InChI=1S/C21H19FN2O4/c22-14-5-7-15(8-6-14)28-16-9-11-23(12-10-16)19(25)13-24-20(26)17-3-1-2-4-18(17)21(24)27/h1-8,16H,9-13H2. The Morgan fingerprint density at radius 1 is 0.964 bits per heavy atom. The molecule has 3 amide bonds. The van der Waals surface area contributed by atoms with Crippen LogP contribution in [0.4, 0.5) is 4.39 Å². The molecule has 0 atom stereocenters. The third-order valence-electron chi connectivity index (χ3n) is 5.08. The number of halogens is 1. The molecule has 2 aromatic carbocycles. The molecule has 2 aliphatic rings. The van der Waals surface area contributed by atoms with Crippen LogP contribution < -0.4 is 4.74 Å². The number of nitrogens with zero attached hydrogens (tertiary/aromatic N) is 2. The molecule has 4 rings (SSSR count). The summed E-state index contributed by atoms with van der Waals surface area (Å²) in [6, 6.07) is 12.4. The van der Waals surface area contributed by atoms with Crippen molar-refractivity contribution in [2.45, 2.75) is 18.9 Å². The minimum Gasteiger partial charge on any atom is -0.490 e. The number of likely N-dealkylation sites (tertiary alicyclic amines) is 1. The molecule has 0 spiro atoms. The van der Waals surface area contributed by atoms with Gasteiger partial charge in [-0.1, -0.05) is 12.1 Å². The minimum absolute atomic E-state index is 0.0613. The van der Waals surface area contributed by atoms with Crippen LogP contribution in [0.2, 0.25) is 0 Å². The van der Waals surface area contributed by atoms with Crippen molar-refractivity contribution in [3.05, 3.63) is 65.5 Å². The molecular formula is C21H19FN2O4. The van der Waals surface area contributed by atoms with Crippen LogP contribution in [-0.2, 0) is 4.79 Å². The predicted octanol–water partition coefficient (Wildman–Crippen LogP) is 2.49. The second-order valence-corrected chi connectivity index (χ2v) is 6.89. The van der Waals surface area contributed by atoms with Gasteiger partial charge < -0.3 is 9.64 Å². The van der Waals surface area contributed by atoms with Crippen LogP contribution in [0.25, 0.3) is 0 Å². The van der Waals surface area contributed by atoms with E-state index in [9.17, 15) is 18.8 Å². The molecule has 0 unspecified atom stereocenters. The smallest absolute Gasteiger partial charge is 0.262 e. The number of carbonyl (C=O) groups excluding carboxylic acids is 3. The van der Waals surface area contributed by atoms with E-state index in [0.29, 0.717) is 42.8 Å². The van der Waals surface area contributed by atoms with Gasteiger partial charge >= 0.3 is 0 Å². The molecule has 0 saturated carbocycles. The number of amides is 3. The monoisotopic (exact) mass is 382 g/mol. The third-order valence-corrected chi connectivity index (χ3v) is 5.08. The maximum Gasteiger partial charge on any atom is 0.262 e. The number of imide groups is 1. The molecular weight excluding hydrogens is 363 g/mol. The van der Waals surface area contributed by atoms with Crippen molar-refractivity contribution in [3.8, 4) is 5.75 Å². The van der Waals surface area contributed by atoms with Gasteiger partial charge in [0.15, 0.2) is 0 Å². The summed E-state index contributed by atoms with van der Waals surface area (Å²) >= 11 is 0. The van der Waals surface area contributed by atoms with Crippen LogP contribution in [0.15, 0.2) is 48.5 Å². The summed E-state index contributed by atoms with van der Waals surface area (Å²) in [5.74, 6) is -0.833. The molecule has 7 heteroatoms. The van der Waals surface area contributed by atoms with Crippen molar-refractivity contribution >= 4 is 17.7 Å². The zero-order valence-electron chi connectivity index (χ0n) is 15.1. The quantitative estimate of drug-likeness (QED) is 0.762. The van der Waals surface area contributed by atoms with Crippen molar-refractivity contribution in [1.29, 1.82) is 0 Å². The molecule has 0 bridgehead atoms. The Morgan fingerprint density at radius 2 is 1.54 bits per heavy atom. The lowest BCUT2D eigenvalue weighted by Gasteiger charge is -2.33. The minimum atomic E-state index is -0.427. The topological polar surface area (TPSA) is 66.9 Å². The van der Waals surface area contributed by atoms with Gasteiger partial charge in [0.1, 0.15) is 24.2 Å². The average Bonchev–Trinajstić information content (AvgIpc) is 2.95. The summed E-state index contributed by atoms with van der Waals surface area (Å²) in [5.41, 5.74) is 0.679. The Kier molecular flexibility index (Phi) is 4.81. The molecule has 0 aromatic heterocycles. The maximum atomic E-state index is 13.0. The van der Waals surface area contributed by atoms with Crippen molar-refractivity contribution in [3.63, 3.8) is 0 Å². The largest absolute Gasteiger partial charge is 0.490 e. The normalized spacial score (nSPS) is 17.0. The number of hydrogen-bond acceptors (Lipinski definition) is 4. The Morgan fingerprint density at radius 3 is 2.11 bits per heavy atom. The van der Waals surface area contributed by atoms with Crippen LogP contribution in [0.1, 0.15) is 33.6 Å². The van der Waals surface area contributed by atoms with E-state index in [1.54, 1.807) is 41.3 Å². The molecule has 144 valence electrons. The van der Waals surface area contributed by atoms with Crippen LogP contribution in [0.3, 0.4) is 0 Å². The number of rotatable bonds is 4. The summed E-state index contributed by atoms with van der Waals surface area (Å²) in [4.78, 5) is 40.0. The molecule has 2 aliphatic heterocycles. The second kappa shape index (κ2) is 7.42. The number of benzene rings is 2. The lowest BCUT2D eigenvalue weighted by Crippen LogP contribution is -2.47. The van der Waals surface area contributed by atoms with E-state index >= 15 is 0 Å². The first-order valence-corrected chi connectivity index (χ1v) is 9.18. The molecule has 1 saturated heterocycles. The summed E-state index contributed by atoms with van der Waals surface area (Å²) in [5, 5.41) is 0. The van der Waals surface area contributed by atoms with Crippen molar-refractivity contribution in [1.82, 2.24) is 9.80 Å². The van der Waals surface area contributed by atoms with Gasteiger partial charge in [-0.05, 0) is 36.4 Å². The lowest BCUT2D eigenvalue weighted by molar-refractivity contribution is -0.133. The van der Waals surface area contributed by atoms with Gasteiger partial charge in [-0.15, -0.1) is 0 Å². The Balaban J connectivity index is 1.32. The van der Waals surface area contributed by atoms with Crippen molar-refractivity contribution in [2.75, 3.05) is 19.6 Å². The molecule has 0 aliphatic carbocycles. The van der Waals surface area contributed by atoms with Crippen molar-refractivity contribution < 1.29 is 23.5 Å². The summed E-state index contributed by atoms with van der Waals surface area (Å²) in [7, 11) is 0. The van der Waals surface area contributed by atoms with Gasteiger partial charge in [-0.2, -0.15) is 0 Å². The summed E-state index contributed by atoms with van der Waals surface area (Å²) in [6.07, 6.45) is 1.20. The van der Waals surface area contributed by atoms with E-state index in [0.717, 1.165) is 4.90 Å². The highest BCUT2D eigenvalue weighted by Gasteiger charge is 2.37. The Labute approximate surface area is 161 Å². The Hall–Kier alpha value is -3.22. The van der Waals surface area contributed by atoms with E-state index in [1.165, 1.54) is 12.1 Å². The van der Waals surface area contributed by atoms with Gasteiger partial charge in [-0.3, -0.25) is 19.3 Å². The van der Waals surface area contributed by atoms with E-state index in [-0.39, 0.29) is 24.4 Å². The number of hydrogen-bond donors (Lipinski definition) is 0. The first kappa shape index (κ1) is 18.2. The molecule has 6 nitrogen and oxygen atoms in total. The van der Waals surface area contributed by atoms with Crippen LogP contribution in [0, 0.1) is 5.82 Å². The van der Waals surface area contributed by atoms with Gasteiger partial charge in [0.05, 0.1) is 11.1 Å². The summed E-state index contributed by atoms with van der Waals surface area (Å²) in [6.45, 7) is 0.706. The van der Waals surface area contributed by atoms with E-state index < -0.39 is 11.8 Å². The Bertz CT molecular complexity index is 885. The van der Waals surface area contributed by atoms with Crippen LogP contribution in [0.5, 0.6) is 5.75 Å². The second-order valence-electron chi connectivity index (χ2n) is 6.89. The number of carbonyl (C=O) groups is 3. The zero-order chi connectivity index (χ0) is 19.7.